The van der Waals surface area contributed by atoms with Crippen LogP contribution in [0, 0.1) is 10.1 Å². The Balaban J connectivity index is 2.33. The molecule has 0 aromatic heterocycles. The van der Waals surface area contributed by atoms with Crippen molar-refractivity contribution in [3.63, 3.8) is 0 Å². The number of amides is 1. The number of hydrogen-bond donors (Lipinski definition) is 0. The van der Waals surface area contributed by atoms with Crippen LogP contribution in [-0.2, 0) is 4.74 Å². The number of halogens is 1. The van der Waals surface area contributed by atoms with Gasteiger partial charge in [0.15, 0.2) is 0 Å². The van der Waals surface area contributed by atoms with Gasteiger partial charge >= 0.3 is 0 Å². The molecule has 0 saturated carbocycles. The van der Waals surface area contributed by atoms with E-state index in [2.05, 4.69) is 0 Å². The third kappa shape index (κ3) is 2.76. The average Bonchev–Trinajstić information content (AvgIpc) is 2.46. The Morgan fingerprint density at radius 1 is 1.60 bits per heavy atom. The lowest BCUT2D eigenvalue weighted by Gasteiger charge is -2.35. The van der Waals surface area contributed by atoms with Gasteiger partial charge in [-0.3, -0.25) is 14.9 Å². The lowest BCUT2D eigenvalue weighted by atomic mass is 10.1. The Kier molecular flexibility index (Phi) is 4.57. The van der Waals surface area contributed by atoms with E-state index in [1.54, 1.807) is 4.90 Å². The Morgan fingerprint density at radius 3 is 3.00 bits per heavy atom. The number of carbonyl (C=O) groups excluding carboxylic acids is 1. The van der Waals surface area contributed by atoms with Crippen LogP contribution in [0.1, 0.15) is 23.7 Å². The van der Waals surface area contributed by atoms with Gasteiger partial charge in [-0.15, -0.1) is 0 Å². The van der Waals surface area contributed by atoms with E-state index in [9.17, 15) is 14.9 Å². The zero-order valence-corrected chi connectivity index (χ0v) is 11.8. The van der Waals surface area contributed by atoms with E-state index in [-0.39, 0.29) is 28.2 Å². The van der Waals surface area contributed by atoms with E-state index >= 15 is 0 Å². The molecule has 1 fully saturated rings. The SMILES string of the molecule is CCC1COCCN1C(=O)c1cccc([N+](=O)[O-])c1Cl. The van der Waals surface area contributed by atoms with Crippen LogP contribution >= 0.6 is 11.6 Å². The average molecular weight is 299 g/mol. The molecule has 108 valence electrons. The monoisotopic (exact) mass is 298 g/mol. The summed E-state index contributed by atoms with van der Waals surface area (Å²) in [6.45, 7) is 3.38. The summed E-state index contributed by atoms with van der Waals surface area (Å²) < 4.78 is 5.35. The second-order valence-corrected chi connectivity index (χ2v) is 4.91. The highest BCUT2D eigenvalue weighted by Crippen LogP contribution is 2.29. The first-order valence-corrected chi connectivity index (χ1v) is 6.75. The third-order valence-corrected chi connectivity index (χ3v) is 3.76. The molecule has 6 nitrogen and oxygen atoms in total. The summed E-state index contributed by atoms with van der Waals surface area (Å²) in [6, 6.07) is 4.25. The summed E-state index contributed by atoms with van der Waals surface area (Å²) in [5.41, 5.74) is -0.0833. The van der Waals surface area contributed by atoms with Crippen LogP contribution in [0.3, 0.4) is 0 Å². The van der Waals surface area contributed by atoms with Gasteiger partial charge < -0.3 is 9.64 Å². The summed E-state index contributed by atoms with van der Waals surface area (Å²) in [4.78, 5) is 24.5. The second-order valence-electron chi connectivity index (χ2n) is 4.53. The first-order valence-electron chi connectivity index (χ1n) is 6.37. The van der Waals surface area contributed by atoms with Crippen molar-refractivity contribution in [2.75, 3.05) is 19.8 Å². The number of benzene rings is 1. The fraction of sp³-hybridized carbons (Fsp3) is 0.462. The van der Waals surface area contributed by atoms with Crippen molar-refractivity contribution in [2.24, 2.45) is 0 Å². The first kappa shape index (κ1) is 14.7. The van der Waals surface area contributed by atoms with Crippen LogP contribution in [0.4, 0.5) is 5.69 Å². The van der Waals surface area contributed by atoms with Crippen molar-refractivity contribution in [1.29, 1.82) is 0 Å². The Hall–Kier alpha value is -1.66. The zero-order valence-electron chi connectivity index (χ0n) is 11.0. The van der Waals surface area contributed by atoms with Crippen LogP contribution in [0.5, 0.6) is 0 Å². The number of hydrogen-bond acceptors (Lipinski definition) is 4. The van der Waals surface area contributed by atoms with Crippen molar-refractivity contribution in [3.05, 3.63) is 38.9 Å². The van der Waals surface area contributed by atoms with Crippen LogP contribution in [0.25, 0.3) is 0 Å². The van der Waals surface area contributed by atoms with Gasteiger partial charge in [-0.25, -0.2) is 0 Å². The minimum atomic E-state index is -0.588. The standard InChI is InChI=1S/C13H15ClN2O4/c1-2-9-8-20-7-6-15(9)13(17)10-4-3-5-11(12(10)14)16(18)19/h3-5,9H,2,6-8H2,1H3. The number of nitro benzene ring substituents is 1. The maximum Gasteiger partial charge on any atom is 0.288 e. The summed E-state index contributed by atoms with van der Waals surface area (Å²) in [7, 11) is 0. The van der Waals surface area contributed by atoms with E-state index in [0.29, 0.717) is 19.8 Å². The maximum atomic E-state index is 12.5. The largest absolute Gasteiger partial charge is 0.377 e. The van der Waals surface area contributed by atoms with E-state index in [1.807, 2.05) is 6.92 Å². The molecule has 0 radical (unpaired) electrons. The molecule has 0 N–H and O–H groups in total. The van der Waals surface area contributed by atoms with Gasteiger partial charge in [0.05, 0.1) is 29.7 Å². The normalized spacial score (nSPS) is 18.9. The number of nitro groups is 1. The zero-order chi connectivity index (χ0) is 14.7. The number of rotatable bonds is 3. The van der Waals surface area contributed by atoms with Crippen molar-refractivity contribution >= 4 is 23.2 Å². The van der Waals surface area contributed by atoms with E-state index < -0.39 is 4.92 Å². The van der Waals surface area contributed by atoms with Crippen molar-refractivity contribution in [3.8, 4) is 0 Å². The van der Waals surface area contributed by atoms with E-state index in [1.165, 1.54) is 18.2 Å². The van der Waals surface area contributed by atoms with Crippen LogP contribution in [0.2, 0.25) is 5.02 Å². The molecule has 1 atom stereocenters. The van der Waals surface area contributed by atoms with Crippen molar-refractivity contribution < 1.29 is 14.5 Å². The van der Waals surface area contributed by atoms with Crippen molar-refractivity contribution in [1.82, 2.24) is 4.90 Å². The molecule has 0 bridgehead atoms. The molecule has 0 spiro atoms. The lowest BCUT2D eigenvalue weighted by molar-refractivity contribution is -0.384. The van der Waals surface area contributed by atoms with Gasteiger partial charge in [-0.1, -0.05) is 24.6 Å². The lowest BCUT2D eigenvalue weighted by Crippen LogP contribution is -2.48. The molecule has 1 aliphatic rings. The predicted octanol–water partition coefficient (Wildman–Crippen LogP) is 2.50. The smallest absolute Gasteiger partial charge is 0.288 e. The Morgan fingerprint density at radius 2 is 2.35 bits per heavy atom. The van der Waals surface area contributed by atoms with Crippen LogP contribution in [-0.4, -0.2) is 41.5 Å². The van der Waals surface area contributed by atoms with Gasteiger partial charge in [-0.2, -0.15) is 0 Å². The number of carbonyl (C=O) groups is 1. The molecule has 20 heavy (non-hydrogen) atoms. The predicted molar refractivity (Wildman–Crippen MR) is 74.0 cm³/mol. The molecule has 1 aliphatic heterocycles. The highest BCUT2D eigenvalue weighted by molar-refractivity contribution is 6.35. The molecular formula is C13H15ClN2O4. The summed E-state index contributed by atoms with van der Waals surface area (Å²) in [6.07, 6.45) is 0.762. The van der Waals surface area contributed by atoms with E-state index in [0.717, 1.165) is 6.42 Å². The number of morpholine rings is 1. The highest BCUT2D eigenvalue weighted by atomic mass is 35.5. The molecule has 1 heterocycles. The maximum absolute atomic E-state index is 12.5. The molecule has 1 saturated heterocycles. The molecule has 1 aromatic carbocycles. The molecule has 2 rings (SSSR count). The molecule has 7 heteroatoms. The van der Waals surface area contributed by atoms with Gasteiger partial charge in [0.1, 0.15) is 5.02 Å². The van der Waals surface area contributed by atoms with E-state index in [4.69, 9.17) is 16.3 Å². The number of ether oxygens (including phenoxy) is 1. The quantitative estimate of drug-likeness (QED) is 0.635. The highest BCUT2D eigenvalue weighted by Gasteiger charge is 2.29. The summed E-state index contributed by atoms with van der Waals surface area (Å²) >= 11 is 5.99. The topological polar surface area (TPSA) is 72.7 Å². The molecule has 0 aliphatic carbocycles. The van der Waals surface area contributed by atoms with Gasteiger partial charge in [-0.05, 0) is 12.5 Å². The van der Waals surface area contributed by atoms with Gasteiger partial charge in [0.25, 0.3) is 11.6 Å². The van der Waals surface area contributed by atoms with Gasteiger partial charge in [0, 0.05) is 12.6 Å². The van der Waals surface area contributed by atoms with Crippen molar-refractivity contribution in [2.45, 2.75) is 19.4 Å². The molecule has 1 amide bonds. The van der Waals surface area contributed by atoms with Crippen LogP contribution in [0.15, 0.2) is 18.2 Å². The minimum absolute atomic E-state index is 0.0217. The fourth-order valence-electron chi connectivity index (χ4n) is 2.24. The Bertz CT molecular complexity index is 535. The molecular weight excluding hydrogens is 284 g/mol. The summed E-state index contributed by atoms with van der Waals surface area (Å²) in [5.74, 6) is -0.283. The fourth-order valence-corrected chi connectivity index (χ4v) is 2.52. The van der Waals surface area contributed by atoms with Crippen LogP contribution < -0.4 is 0 Å². The first-order chi connectivity index (χ1) is 9.56. The molecule has 1 aromatic rings. The Labute approximate surface area is 121 Å². The van der Waals surface area contributed by atoms with Gasteiger partial charge in [0.2, 0.25) is 0 Å². The third-order valence-electron chi connectivity index (χ3n) is 3.37. The molecule has 1 unspecified atom stereocenters. The summed E-state index contributed by atoms with van der Waals surface area (Å²) in [5, 5.41) is 10.8. The minimum Gasteiger partial charge on any atom is -0.377 e. The number of nitrogens with zero attached hydrogens (tertiary/aromatic N) is 2. The second kappa shape index (κ2) is 6.19.